The molecule has 1 nitrogen and oxygen atoms in total. The van der Waals surface area contributed by atoms with Crippen molar-refractivity contribution in [1.82, 2.24) is 0 Å². The van der Waals surface area contributed by atoms with Gasteiger partial charge in [0.1, 0.15) is 0 Å². The van der Waals surface area contributed by atoms with E-state index in [1.54, 1.807) is 7.11 Å². The molecule has 0 saturated heterocycles. The van der Waals surface area contributed by atoms with E-state index < -0.39 is 0 Å². The third kappa shape index (κ3) is 6.30. The van der Waals surface area contributed by atoms with Crippen LogP contribution in [0.4, 0.5) is 0 Å². The van der Waals surface area contributed by atoms with Crippen molar-refractivity contribution in [2.24, 2.45) is 0 Å². The lowest BCUT2D eigenvalue weighted by molar-refractivity contribution is 0.202. The zero-order valence-electron chi connectivity index (χ0n) is 14.3. The molecule has 23 heavy (non-hydrogen) atoms. The zero-order chi connectivity index (χ0) is 16.3. The fourth-order valence-electron chi connectivity index (χ4n) is 2.45. The Labute approximate surface area is 140 Å². The Hall–Kier alpha value is -2.04. The van der Waals surface area contributed by atoms with Gasteiger partial charge in [0.15, 0.2) is 0 Å². The second-order valence-electron chi connectivity index (χ2n) is 5.84. The van der Waals surface area contributed by atoms with Crippen LogP contribution in [0.15, 0.2) is 48.5 Å². The van der Waals surface area contributed by atoms with Crippen LogP contribution in [0.2, 0.25) is 0 Å². The standard InChI is InChI=1S/C22H26O/c1-3-4-5-6-19-7-9-20(10-8-19)11-12-21-13-15-22(16-14-21)17-18-23-2/h7-10,13-16H,3-6,17-18H2,1-2H3. The molecule has 2 aromatic rings. The summed E-state index contributed by atoms with van der Waals surface area (Å²) in [5.41, 5.74) is 4.83. The molecule has 0 saturated carbocycles. The highest BCUT2D eigenvalue weighted by Gasteiger charge is 1.95. The summed E-state index contributed by atoms with van der Waals surface area (Å²) in [6.07, 6.45) is 5.97. The second-order valence-corrected chi connectivity index (χ2v) is 5.84. The Bertz CT molecular complexity index is 626. The van der Waals surface area contributed by atoms with Gasteiger partial charge >= 0.3 is 0 Å². The summed E-state index contributed by atoms with van der Waals surface area (Å²) in [5.74, 6) is 6.48. The quantitative estimate of drug-likeness (QED) is 0.516. The number of unbranched alkanes of at least 4 members (excludes halogenated alkanes) is 2. The molecule has 0 amide bonds. The first kappa shape index (κ1) is 17.3. The van der Waals surface area contributed by atoms with E-state index in [1.807, 2.05) is 0 Å². The van der Waals surface area contributed by atoms with Crippen LogP contribution < -0.4 is 0 Å². The van der Waals surface area contributed by atoms with Gasteiger partial charge in [0.25, 0.3) is 0 Å². The smallest absolute Gasteiger partial charge is 0.0502 e. The van der Waals surface area contributed by atoms with Crippen LogP contribution >= 0.6 is 0 Å². The van der Waals surface area contributed by atoms with Gasteiger partial charge in [-0.2, -0.15) is 0 Å². The molecular weight excluding hydrogens is 280 g/mol. The van der Waals surface area contributed by atoms with Crippen LogP contribution in [-0.2, 0) is 17.6 Å². The van der Waals surface area contributed by atoms with Crippen molar-refractivity contribution in [2.45, 2.75) is 39.0 Å². The Kier molecular flexibility index (Phi) is 7.43. The molecule has 0 fully saturated rings. The van der Waals surface area contributed by atoms with Gasteiger partial charge in [-0.1, -0.05) is 55.9 Å². The zero-order valence-corrected chi connectivity index (χ0v) is 14.3. The number of hydrogen-bond donors (Lipinski definition) is 0. The summed E-state index contributed by atoms with van der Waals surface area (Å²) in [6.45, 7) is 3.00. The van der Waals surface area contributed by atoms with E-state index in [-0.39, 0.29) is 0 Å². The molecule has 0 unspecified atom stereocenters. The lowest BCUT2D eigenvalue weighted by Crippen LogP contribution is -1.93. The molecule has 0 heterocycles. The Morgan fingerprint density at radius 3 is 1.74 bits per heavy atom. The van der Waals surface area contributed by atoms with E-state index in [0.717, 1.165) is 24.2 Å². The Morgan fingerprint density at radius 1 is 0.739 bits per heavy atom. The maximum absolute atomic E-state index is 5.09. The first-order valence-electron chi connectivity index (χ1n) is 8.50. The SMILES string of the molecule is CCCCCc1ccc(C#Cc2ccc(CCOC)cc2)cc1. The molecule has 0 spiro atoms. The number of hydrogen-bond acceptors (Lipinski definition) is 1. The maximum atomic E-state index is 5.09. The third-order valence-corrected chi connectivity index (χ3v) is 3.92. The number of rotatable bonds is 7. The summed E-state index contributed by atoms with van der Waals surface area (Å²) in [7, 11) is 1.73. The number of benzene rings is 2. The van der Waals surface area contributed by atoms with Crippen molar-refractivity contribution in [3.8, 4) is 11.8 Å². The average molecular weight is 306 g/mol. The molecule has 0 aliphatic heterocycles. The fraction of sp³-hybridized carbons (Fsp3) is 0.364. The molecule has 0 atom stereocenters. The van der Waals surface area contributed by atoms with Crippen LogP contribution in [0.5, 0.6) is 0 Å². The van der Waals surface area contributed by atoms with Gasteiger partial charge in [0, 0.05) is 18.2 Å². The Morgan fingerprint density at radius 2 is 1.26 bits per heavy atom. The second kappa shape index (κ2) is 9.87. The predicted molar refractivity (Wildman–Crippen MR) is 97.7 cm³/mol. The molecule has 0 aliphatic carbocycles. The number of aryl methyl sites for hydroxylation is 1. The average Bonchev–Trinajstić information content (AvgIpc) is 2.60. The summed E-state index contributed by atoms with van der Waals surface area (Å²) >= 11 is 0. The van der Waals surface area contributed by atoms with Crippen LogP contribution in [0, 0.1) is 11.8 Å². The van der Waals surface area contributed by atoms with E-state index in [4.69, 9.17) is 4.74 Å². The predicted octanol–water partition coefficient (Wildman–Crippen LogP) is 5.01. The van der Waals surface area contributed by atoms with Crippen molar-refractivity contribution in [2.75, 3.05) is 13.7 Å². The summed E-state index contributed by atoms with van der Waals surface area (Å²) in [6, 6.07) is 17.1. The van der Waals surface area contributed by atoms with Crippen molar-refractivity contribution >= 4 is 0 Å². The highest BCUT2D eigenvalue weighted by molar-refractivity contribution is 5.44. The summed E-state index contributed by atoms with van der Waals surface area (Å²) in [5, 5.41) is 0. The molecule has 1 heteroatoms. The van der Waals surface area contributed by atoms with Gasteiger partial charge in [-0.3, -0.25) is 0 Å². The first-order valence-corrected chi connectivity index (χ1v) is 8.50. The van der Waals surface area contributed by atoms with Gasteiger partial charge in [0.05, 0.1) is 6.61 Å². The third-order valence-electron chi connectivity index (χ3n) is 3.92. The molecular formula is C22H26O. The topological polar surface area (TPSA) is 9.23 Å². The van der Waals surface area contributed by atoms with E-state index in [9.17, 15) is 0 Å². The summed E-state index contributed by atoms with van der Waals surface area (Å²) < 4.78 is 5.09. The number of ether oxygens (including phenoxy) is 1. The van der Waals surface area contributed by atoms with Gasteiger partial charge < -0.3 is 4.74 Å². The molecule has 120 valence electrons. The van der Waals surface area contributed by atoms with Crippen LogP contribution in [0.1, 0.15) is 48.4 Å². The normalized spacial score (nSPS) is 10.2. The van der Waals surface area contributed by atoms with E-state index >= 15 is 0 Å². The van der Waals surface area contributed by atoms with Gasteiger partial charge in [-0.05, 0) is 54.7 Å². The molecule has 2 aromatic carbocycles. The van der Waals surface area contributed by atoms with Crippen LogP contribution in [-0.4, -0.2) is 13.7 Å². The van der Waals surface area contributed by atoms with Crippen molar-refractivity contribution < 1.29 is 4.74 Å². The molecule has 0 N–H and O–H groups in total. The van der Waals surface area contributed by atoms with Crippen molar-refractivity contribution in [3.05, 3.63) is 70.8 Å². The van der Waals surface area contributed by atoms with Crippen LogP contribution in [0.25, 0.3) is 0 Å². The van der Waals surface area contributed by atoms with Crippen molar-refractivity contribution in [3.63, 3.8) is 0 Å². The highest BCUT2D eigenvalue weighted by atomic mass is 16.5. The van der Waals surface area contributed by atoms with Crippen LogP contribution in [0.3, 0.4) is 0 Å². The minimum atomic E-state index is 0.760. The first-order chi connectivity index (χ1) is 11.3. The van der Waals surface area contributed by atoms with Gasteiger partial charge in [-0.15, -0.1) is 0 Å². The minimum Gasteiger partial charge on any atom is -0.384 e. The fourth-order valence-corrected chi connectivity index (χ4v) is 2.45. The van der Waals surface area contributed by atoms with E-state index in [2.05, 4.69) is 67.3 Å². The lowest BCUT2D eigenvalue weighted by atomic mass is 10.1. The van der Waals surface area contributed by atoms with Gasteiger partial charge in [-0.25, -0.2) is 0 Å². The largest absolute Gasteiger partial charge is 0.384 e. The highest BCUT2D eigenvalue weighted by Crippen LogP contribution is 2.09. The number of methoxy groups -OCH3 is 1. The van der Waals surface area contributed by atoms with E-state index in [0.29, 0.717) is 0 Å². The van der Waals surface area contributed by atoms with E-state index in [1.165, 1.54) is 36.8 Å². The summed E-state index contributed by atoms with van der Waals surface area (Å²) in [4.78, 5) is 0. The molecule has 0 bridgehead atoms. The Balaban J connectivity index is 1.93. The van der Waals surface area contributed by atoms with Crippen molar-refractivity contribution in [1.29, 1.82) is 0 Å². The monoisotopic (exact) mass is 306 g/mol. The van der Waals surface area contributed by atoms with Gasteiger partial charge in [0.2, 0.25) is 0 Å². The molecule has 2 rings (SSSR count). The maximum Gasteiger partial charge on any atom is 0.0502 e. The minimum absolute atomic E-state index is 0.760. The molecule has 0 radical (unpaired) electrons. The molecule has 0 aromatic heterocycles. The molecule has 0 aliphatic rings. The lowest BCUT2D eigenvalue weighted by Gasteiger charge is -2.01.